The van der Waals surface area contributed by atoms with Gasteiger partial charge < -0.3 is 5.32 Å². The Labute approximate surface area is 131 Å². The number of hydrogen-bond donors (Lipinski definition) is 1. The van der Waals surface area contributed by atoms with Crippen LogP contribution in [0.2, 0.25) is 5.02 Å². The number of nitrogens with one attached hydrogen (secondary N) is 1. The van der Waals surface area contributed by atoms with E-state index in [0.29, 0.717) is 23.1 Å². The molecule has 2 atom stereocenters. The van der Waals surface area contributed by atoms with Crippen LogP contribution in [0.5, 0.6) is 0 Å². The van der Waals surface area contributed by atoms with Crippen molar-refractivity contribution in [1.82, 2.24) is 10.2 Å². The minimum absolute atomic E-state index is 0.198. The molecule has 0 aliphatic carbocycles. The second-order valence-corrected chi connectivity index (χ2v) is 6.88. The van der Waals surface area contributed by atoms with Crippen LogP contribution in [0.25, 0.3) is 0 Å². The van der Waals surface area contributed by atoms with Gasteiger partial charge in [0.25, 0.3) is 0 Å². The van der Waals surface area contributed by atoms with E-state index < -0.39 is 0 Å². The standard InChI is InChI=1S/C17H24ClFN2/c1-2-7-21(11-12-8-13(19)3-6-17(12)18)16-9-14-4-5-15(10-16)20-14/h3,6,8,14-16,20H,2,4-5,7,9-11H2,1H3. The lowest BCUT2D eigenvalue weighted by Crippen LogP contribution is -2.48. The van der Waals surface area contributed by atoms with E-state index in [1.54, 1.807) is 12.1 Å². The molecule has 0 saturated carbocycles. The Morgan fingerprint density at radius 2 is 2.00 bits per heavy atom. The summed E-state index contributed by atoms with van der Waals surface area (Å²) in [6.45, 7) is 4.02. The topological polar surface area (TPSA) is 15.3 Å². The molecule has 1 aromatic carbocycles. The van der Waals surface area contributed by atoms with E-state index >= 15 is 0 Å². The summed E-state index contributed by atoms with van der Waals surface area (Å²) in [5.74, 6) is -0.198. The molecular weight excluding hydrogens is 287 g/mol. The number of halogens is 2. The summed E-state index contributed by atoms with van der Waals surface area (Å²) >= 11 is 6.24. The fourth-order valence-corrected chi connectivity index (χ4v) is 4.06. The highest BCUT2D eigenvalue weighted by Crippen LogP contribution is 2.31. The lowest BCUT2D eigenvalue weighted by atomic mass is 9.97. The lowest BCUT2D eigenvalue weighted by Gasteiger charge is -2.38. The van der Waals surface area contributed by atoms with Crippen molar-refractivity contribution >= 4 is 11.6 Å². The van der Waals surface area contributed by atoms with E-state index in [1.807, 2.05) is 0 Å². The van der Waals surface area contributed by atoms with Crippen LogP contribution in [0, 0.1) is 5.82 Å². The number of rotatable bonds is 5. The number of fused-ring (bicyclic) bond motifs is 2. The van der Waals surface area contributed by atoms with Gasteiger partial charge in [0.2, 0.25) is 0 Å². The zero-order valence-corrected chi connectivity index (χ0v) is 13.4. The van der Waals surface area contributed by atoms with Crippen molar-refractivity contribution in [2.45, 2.75) is 63.7 Å². The highest BCUT2D eigenvalue weighted by Gasteiger charge is 2.35. The fraction of sp³-hybridized carbons (Fsp3) is 0.647. The highest BCUT2D eigenvalue weighted by atomic mass is 35.5. The number of benzene rings is 1. The van der Waals surface area contributed by atoms with Gasteiger partial charge >= 0.3 is 0 Å². The fourth-order valence-electron chi connectivity index (χ4n) is 3.89. The molecule has 21 heavy (non-hydrogen) atoms. The molecule has 2 nitrogen and oxygen atoms in total. The van der Waals surface area contributed by atoms with E-state index in [4.69, 9.17) is 11.6 Å². The van der Waals surface area contributed by atoms with E-state index in [1.165, 1.54) is 31.7 Å². The van der Waals surface area contributed by atoms with Gasteiger partial charge in [-0.05, 0) is 62.4 Å². The van der Waals surface area contributed by atoms with Crippen molar-refractivity contribution in [2.24, 2.45) is 0 Å². The molecule has 2 heterocycles. The van der Waals surface area contributed by atoms with Crippen LogP contribution in [0.1, 0.15) is 44.6 Å². The predicted octanol–water partition coefficient (Wildman–Crippen LogP) is 3.97. The minimum Gasteiger partial charge on any atom is -0.311 e. The van der Waals surface area contributed by atoms with Crippen LogP contribution < -0.4 is 5.32 Å². The van der Waals surface area contributed by atoms with Gasteiger partial charge in [-0.15, -0.1) is 0 Å². The average molecular weight is 311 g/mol. The van der Waals surface area contributed by atoms with Crippen LogP contribution in [0.4, 0.5) is 4.39 Å². The number of piperidine rings is 1. The Bertz CT molecular complexity index is 482. The van der Waals surface area contributed by atoms with Crippen molar-refractivity contribution in [3.05, 3.63) is 34.6 Å². The SMILES string of the molecule is CCCN(Cc1cc(F)ccc1Cl)C1CC2CCC(C1)N2. The maximum absolute atomic E-state index is 13.5. The third-order valence-corrected chi connectivity index (χ3v) is 5.23. The largest absolute Gasteiger partial charge is 0.311 e. The monoisotopic (exact) mass is 310 g/mol. The molecule has 3 rings (SSSR count). The molecule has 1 N–H and O–H groups in total. The third-order valence-electron chi connectivity index (χ3n) is 4.86. The van der Waals surface area contributed by atoms with Gasteiger partial charge in [0.05, 0.1) is 0 Å². The molecule has 0 spiro atoms. The van der Waals surface area contributed by atoms with E-state index in [-0.39, 0.29) is 5.82 Å². The minimum atomic E-state index is -0.198. The van der Waals surface area contributed by atoms with E-state index in [9.17, 15) is 4.39 Å². The lowest BCUT2D eigenvalue weighted by molar-refractivity contribution is 0.134. The summed E-state index contributed by atoms with van der Waals surface area (Å²) < 4.78 is 13.5. The zero-order chi connectivity index (χ0) is 14.8. The Morgan fingerprint density at radius 3 is 2.67 bits per heavy atom. The maximum Gasteiger partial charge on any atom is 0.123 e. The van der Waals surface area contributed by atoms with Gasteiger partial charge in [-0.25, -0.2) is 4.39 Å². The maximum atomic E-state index is 13.5. The highest BCUT2D eigenvalue weighted by molar-refractivity contribution is 6.31. The summed E-state index contributed by atoms with van der Waals surface area (Å²) in [5, 5.41) is 4.36. The molecule has 2 bridgehead atoms. The number of hydrogen-bond acceptors (Lipinski definition) is 2. The van der Waals surface area contributed by atoms with Gasteiger partial charge in [0.15, 0.2) is 0 Å². The number of nitrogens with zero attached hydrogens (tertiary/aromatic N) is 1. The van der Waals surface area contributed by atoms with Crippen molar-refractivity contribution < 1.29 is 4.39 Å². The molecule has 1 aromatic rings. The Kier molecular flexibility index (Phi) is 4.82. The van der Waals surface area contributed by atoms with Crippen LogP contribution in [-0.4, -0.2) is 29.6 Å². The molecule has 4 heteroatoms. The van der Waals surface area contributed by atoms with Crippen molar-refractivity contribution in [3.8, 4) is 0 Å². The predicted molar refractivity (Wildman–Crippen MR) is 85.1 cm³/mol. The first-order valence-corrected chi connectivity index (χ1v) is 8.47. The van der Waals surface area contributed by atoms with Crippen molar-refractivity contribution in [1.29, 1.82) is 0 Å². The molecule has 2 aliphatic rings. The van der Waals surface area contributed by atoms with Gasteiger partial charge in [-0.3, -0.25) is 4.90 Å². The molecular formula is C17H24ClFN2. The average Bonchev–Trinajstić information content (AvgIpc) is 2.81. The van der Waals surface area contributed by atoms with E-state index in [2.05, 4.69) is 17.1 Å². The second kappa shape index (κ2) is 6.64. The Balaban J connectivity index is 1.73. The van der Waals surface area contributed by atoms with Crippen molar-refractivity contribution in [3.63, 3.8) is 0 Å². The van der Waals surface area contributed by atoms with E-state index in [0.717, 1.165) is 25.1 Å². The van der Waals surface area contributed by atoms with Gasteiger partial charge in [-0.2, -0.15) is 0 Å². The summed E-state index contributed by atoms with van der Waals surface area (Å²) in [6.07, 6.45) is 6.16. The third kappa shape index (κ3) is 3.58. The first-order chi connectivity index (χ1) is 10.2. The molecule has 2 aliphatic heterocycles. The summed E-state index contributed by atoms with van der Waals surface area (Å²) in [4.78, 5) is 2.51. The molecule has 0 radical (unpaired) electrons. The molecule has 2 fully saturated rings. The normalized spacial score (nSPS) is 28.3. The second-order valence-electron chi connectivity index (χ2n) is 6.47. The Hall–Kier alpha value is -0.640. The summed E-state index contributed by atoms with van der Waals surface area (Å²) in [6, 6.07) is 6.64. The molecule has 0 amide bonds. The van der Waals surface area contributed by atoms with Crippen LogP contribution in [0.15, 0.2) is 18.2 Å². The molecule has 116 valence electrons. The van der Waals surface area contributed by atoms with Gasteiger partial charge in [0, 0.05) is 29.7 Å². The van der Waals surface area contributed by atoms with Crippen molar-refractivity contribution in [2.75, 3.05) is 6.54 Å². The van der Waals surface area contributed by atoms with Crippen LogP contribution in [0.3, 0.4) is 0 Å². The molecule has 0 aromatic heterocycles. The smallest absolute Gasteiger partial charge is 0.123 e. The molecule has 2 unspecified atom stereocenters. The first-order valence-electron chi connectivity index (χ1n) is 8.09. The summed E-state index contributed by atoms with van der Waals surface area (Å²) in [5.41, 5.74) is 0.913. The first kappa shape index (κ1) is 15.3. The molecule has 2 saturated heterocycles. The zero-order valence-electron chi connectivity index (χ0n) is 12.6. The van der Waals surface area contributed by atoms with Crippen LogP contribution in [-0.2, 0) is 6.54 Å². The van der Waals surface area contributed by atoms with Crippen LogP contribution >= 0.6 is 11.6 Å². The van der Waals surface area contributed by atoms with Gasteiger partial charge in [0.1, 0.15) is 5.82 Å². The Morgan fingerprint density at radius 1 is 1.29 bits per heavy atom. The summed E-state index contributed by atoms with van der Waals surface area (Å²) in [7, 11) is 0. The quantitative estimate of drug-likeness (QED) is 0.885. The van der Waals surface area contributed by atoms with Gasteiger partial charge in [-0.1, -0.05) is 18.5 Å².